The Morgan fingerprint density at radius 2 is 1.53 bits per heavy atom. The third kappa shape index (κ3) is 4.91. The van der Waals surface area contributed by atoms with Gasteiger partial charge in [-0.1, -0.05) is 64.6 Å². The van der Waals surface area contributed by atoms with Crippen molar-refractivity contribution in [2.45, 2.75) is 6.54 Å². The molecule has 3 aromatic carbocycles. The SMILES string of the molecule is O=C(NCc1ccc(Cl)cc1Cl)c1ccc(NC2=C(Cl)C(=O)N(c3ccccc3Cl)C2=O)cc1. The summed E-state index contributed by atoms with van der Waals surface area (Å²) in [5, 5.41) is 6.59. The van der Waals surface area contributed by atoms with Crippen LogP contribution in [0.5, 0.6) is 0 Å². The van der Waals surface area contributed by atoms with Crippen molar-refractivity contribution in [1.82, 2.24) is 5.32 Å². The normalized spacial score (nSPS) is 13.5. The van der Waals surface area contributed by atoms with Gasteiger partial charge in [0.1, 0.15) is 10.7 Å². The maximum Gasteiger partial charge on any atom is 0.283 e. The molecule has 34 heavy (non-hydrogen) atoms. The van der Waals surface area contributed by atoms with Crippen molar-refractivity contribution in [1.29, 1.82) is 0 Å². The zero-order chi connectivity index (χ0) is 24.4. The predicted molar refractivity (Wildman–Crippen MR) is 135 cm³/mol. The van der Waals surface area contributed by atoms with Crippen molar-refractivity contribution < 1.29 is 14.4 Å². The molecule has 10 heteroatoms. The fourth-order valence-electron chi connectivity index (χ4n) is 3.26. The van der Waals surface area contributed by atoms with Crippen molar-refractivity contribution in [2.24, 2.45) is 0 Å². The summed E-state index contributed by atoms with van der Waals surface area (Å²) < 4.78 is 0. The van der Waals surface area contributed by atoms with Crippen molar-refractivity contribution in [3.8, 4) is 0 Å². The summed E-state index contributed by atoms with van der Waals surface area (Å²) >= 11 is 24.3. The van der Waals surface area contributed by atoms with Gasteiger partial charge in [0, 0.05) is 27.8 Å². The molecule has 1 aliphatic rings. The van der Waals surface area contributed by atoms with E-state index in [1.807, 2.05) is 0 Å². The zero-order valence-electron chi connectivity index (χ0n) is 17.2. The van der Waals surface area contributed by atoms with Gasteiger partial charge in [-0.25, -0.2) is 4.90 Å². The fraction of sp³-hybridized carbons (Fsp3) is 0.0417. The van der Waals surface area contributed by atoms with Crippen LogP contribution in [0.3, 0.4) is 0 Å². The molecule has 0 spiro atoms. The number of rotatable bonds is 6. The fourth-order valence-corrected chi connectivity index (χ4v) is 4.16. The van der Waals surface area contributed by atoms with Crippen LogP contribution in [0.4, 0.5) is 11.4 Å². The topological polar surface area (TPSA) is 78.5 Å². The summed E-state index contributed by atoms with van der Waals surface area (Å²) in [5.41, 5.74) is 1.74. The Balaban J connectivity index is 1.44. The van der Waals surface area contributed by atoms with Crippen LogP contribution < -0.4 is 15.5 Å². The average Bonchev–Trinajstić information content (AvgIpc) is 3.02. The summed E-state index contributed by atoms with van der Waals surface area (Å²) in [6, 6.07) is 17.8. The van der Waals surface area contributed by atoms with Crippen LogP contribution >= 0.6 is 46.4 Å². The van der Waals surface area contributed by atoms with E-state index in [0.717, 1.165) is 10.5 Å². The number of para-hydroxylation sites is 1. The highest BCUT2D eigenvalue weighted by Gasteiger charge is 2.39. The number of carbonyl (C=O) groups is 3. The number of hydrogen-bond donors (Lipinski definition) is 2. The predicted octanol–water partition coefficient (Wildman–Crippen LogP) is 6.01. The summed E-state index contributed by atoms with van der Waals surface area (Å²) in [6.07, 6.45) is 0. The maximum absolute atomic E-state index is 12.9. The third-order valence-electron chi connectivity index (χ3n) is 4.99. The Hall–Kier alpha value is -3.03. The van der Waals surface area contributed by atoms with Crippen LogP contribution in [0, 0.1) is 0 Å². The molecule has 0 bridgehead atoms. The van der Waals surface area contributed by atoms with E-state index < -0.39 is 11.8 Å². The molecule has 1 heterocycles. The van der Waals surface area contributed by atoms with E-state index >= 15 is 0 Å². The van der Waals surface area contributed by atoms with Crippen LogP contribution in [0.2, 0.25) is 15.1 Å². The highest BCUT2D eigenvalue weighted by molar-refractivity contribution is 6.53. The highest BCUT2D eigenvalue weighted by Crippen LogP contribution is 2.34. The van der Waals surface area contributed by atoms with Crippen molar-refractivity contribution >= 4 is 75.5 Å². The van der Waals surface area contributed by atoms with Gasteiger partial charge in [-0.15, -0.1) is 0 Å². The van der Waals surface area contributed by atoms with Crippen LogP contribution in [-0.4, -0.2) is 17.7 Å². The van der Waals surface area contributed by atoms with E-state index in [4.69, 9.17) is 46.4 Å². The summed E-state index contributed by atoms with van der Waals surface area (Å²) in [4.78, 5) is 38.9. The van der Waals surface area contributed by atoms with Crippen LogP contribution in [0.1, 0.15) is 15.9 Å². The number of nitrogens with zero attached hydrogens (tertiary/aromatic N) is 1. The number of benzene rings is 3. The molecule has 0 unspecified atom stereocenters. The van der Waals surface area contributed by atoms with Crippen molar-refractivity contribution in [2.75, 3.05) is 10.2 Å². The number of amides is 3. The number of imide groups is 1. The zero-order valence-corrected chi connectivity index (χ0v) is 20.3. The molecule has 0 fully saturated rings. The molecule has 2 N–H and O–H groups in total. The molecule has 4 rings (SSSR count). The Morgan fingerprint density at radius 1 is 0.824 bits per heavy atom. The van der Waals surface area contributed by atoms with E-state index in [1.54, 1.807) is 66.7 Å². The van der Waals surface area contributed by atoms with Crippen molar-refractivity contribution in [3.05, 3.63) is 104 Å². The first-order chi connectivity index (χ1) is 16.3. The molecule has 0 aliphatic carbocycles. The maximum atomic E-state index is 12.9. The van der Waals surface area contributed by atoms with Gasteiger partial charge in [0.15, 0.2) is 0 Å². The minimum absolute atomic E-state index is 0.0823. The standard InChI is InChI=1S/C24H15Cl4N3O3/c25-15-8-5-14(18(27)11-15)12-29-22(32)13-6-9-16(10-7-13)30-21-20(28)23(33)31(24(21)34)19-4-2-1-3-17(19)26/h1-11,30H,12H2,(H,29,32). The van der Waals surface area contributed by atoms with E-state index in [2.05, 4.69) is 10.6 Å². The second-order valence-electron chi connectivity index (χ2n) is 7.21. The molecule has 1 aliphatic heterocycles. The van der Waals surface area contributed by atoms with Crippen LogP contribution in [0.15, 0.2) is 77.5 Å². The Labute approximate surface area is 215 Å². The molecule has 0 saturated carbocycles. The average molecular weight is 535 g/mol. The quantitative estimate of drug-likeness (QED) is 0.379. The lowest BCUT2D eigenvalue weighted by Crippen LogP contribution is -2.32. The molecule has 3 amide bonds. The Bertz CT molecular complexity index is 1340. The lowest BCUT2D eigenvalue weighted by molar-refractivity contribution is -0.120. The van der Waals surface area contributed by atoms with Gasteiger partial charge >= 0.3 is 0 Å². The second-order valence-corrected chi connectivity index (χ2v) is 8.84. The van der Waals surface area contributed by atoms with E-state index in [1.165, 1.54) is 0 Å². The molecule has 0 atom stereocenters. The number of hydrogen-bond acceptors (Lipinski definition) is 4. The summed E-state index contributed by atoms with van der Waals surface area (Å²) in [5.74, 6) is -1.63. The molecule has 3 aromatic rings. The van der Waals surface area contributed by atoms with E-state index in [0.29, 0.717) is 21.3 Å². The van der Waals surface area contributed by atoms with Gasteiger partial charge in [0.05, 0.1) is 10.7 Å². The van der Waals surface area contributed by atoms with Crippen molar-refractivity contribution in [3.63, 3.8) is 0 Å². The Morgan fingerprint density at radius 3 is 2.21 bits per heavy atom. The molecular weight excluding hydrogens is 520 g/mol. The van der Waals surface area contributed by atoms with Crippen LogP contribution in [-0.2, 0) is 16.1 Å². The van der Waals surface area contributed by atoms with E-state index in [9.17, 15) is 14.4 Å². The molecule has 0 radical (unpaired) electrons. The van der Waals surface area contributed by atoms with E-state index in [-0.39, 0.29) is 33.9 Å². The first kappa shape index (κ1) is 24.1. The smallest absolute Gasteiger partial charge is 0.283 e. The molecule has 0 aromatic heterocycles. The van der Waals surface area contributed by atoms with Gasteiger partial charge in [0.2, 0.25) is 0 Å². The lowest BCUT2D eigenvalue weighted by atomic mass is 10.1. The molecule has 6 nitrogen and oxygen atoms in total. The molecule has 172 valence electrons. The van der Waals surface area contributed by atoms with Crippen LogP contribution in [0.25, 0.3) is 0 Å². The van der Waals surface area contributed by atoms with Gasteiger partial charge in [-0.3, -0.25) is 14.4 Å². The minimum Gasteiger partial charge on any atom is -0.350 e. The number of anilines is 2. The first-order valence-electron chi connectivity index (χ1n) is 9.88. The third-order valence-corrected chi connectivity index (χ3v) is 6.25. The Kier molecular flexibility index (Phi) is 7.14. The molecule has 0 saturated heterocycles. The highest BCUT2D eigenvalue weighted by atomic mass is 35.5. The summed E-state index contributed by atoms with van der Waals surface area (Å²) in [7, 11) is 0. The minimum atomic E-state index is -0.681. The first-order valence-corrected chi connectivity index (χ1v) is 11.4. The number of carbonyl (C=O) groups excluding carboxylic acids is 3. The van der Waals surface area contributed by atoms with Gasteiger partial charge < -0.3 is 10.6 Å². The van der Waals surface area contributed by atoms with Gasteiger partial charge in [-0.05, 0) is 54.1 Å². The lowest BCUT2D eigenvalue weighted by Gasteiger charge is -2.16. The number of halogens is 4. The largest absolute Gasteiger partial charge is 0.350 e. The number of nitrogens with one attached hydrogen (secondary N) is 2. The van der Waals surface area contributed by atoms with Gasteiger partial charge in [-0.2, -0.15) is 0 Å². The summed E-state index contributed by atoms with van der Waals surface area (Å²) in [6.45, 7) is 0.228. The second kappa shape index (κ2) is 10.1. The monoisotopic (exact) mass is 533 g/mol. The molecular formula is C24H15Cl4N3O3. The van der Waals surface area contributed by atoms with Gasteiger partial charge in [0.25, 0.3) is 17.7 Å².